The Hall–Kier alpha value is -3.37. The van der Waals surface area contributed by atoms with E-state index < -0.39 is 10.0 Å². The largest absolute Gasteiger partial charge is 0.497 e. The number of sulfonamides is 1. The summed E-state index contributed by atoms with van der Waals surface area (Å²) < 4.78 is 37.7. The van der Waals surface area contributed by atoms with Crippen LogP contribution < -0.4 is 14.8 Å². The Bertz CT molecular complexity index is 1170. The SMILES string of the molecule is COc1ccc(OC)c(CNC(=O)c2cn(-c3ccc(S(=O)(=O)N(C)C)cc3)cn2)c1. The maximum absolute atomic E-state index is 12.5. The Labute approximate surface area is 181 Å². The fourth-order valence-electron chi connectivity index (χ4n) is 2.87. The van der Waals surface area contributed by atoms with Gasteiger partial charge in [0.1, 0.15) is 23.5 Å². The van der Waals surface area contributed by atoms with Crippen LogP contribution in [0.5, 0.6) is 11.5 Å². The third-order valence-electron chi connectivity index (χ3n) is 4.66. The third kappa shape index (κ3) is 4.86. The molecular formula is C21H24N4O5S. The summed E-state index contributed by atoms with van der Waals surface area (Å²) in [6.07, 6.45) is 3.07. The number of carbonyl (C=O) groups excluding carboxylic acids is 1. The van der Waals surface area contributed by atoms with Gasteiger partial charge in [-0.25, -0.2) is 17.7 Å². The van der Waals surface area contributed by atoms with Crippen LogP contribution in [-0.4, -0.2) is 56.5 Å². The molecule has 0 fully saturated rings. The zero-order valence-electron chi connectivity index (χ0n) is 17.7. The molecule has 3 aromatic rings. The van der Waals surface area contributed by atoms with Crippen LogP contribution in [0.15, 0.2) is 59.9 Å². The van der Waals surface area contributed by atoms with Gasteiger partial charge in [-0.1, -0.05) is 0 Å². The minimum absolute atomic E-state index is 0.187. The van der Waals surface area contributed by atoms with Gasteiger partial charge in [0.15, 0.2) is 0 Å². The van der Waals surface area contributed by atoms with Crippen molar-refractivity contribution in [2.24, 2.45) is 0 Å². The van der Waals surface area contributed by atoms with Crippen molar-refractivity contribution in [2.45, 2.75) is 11.4 Å². The van der Waals surface area contributed by atoms with Crippen molar-refractivity contribution in [1.29, 1.82) is 0 Å². The van der Waals surface area contributed by atoms with Gasteiger partial charge in [-0.05, 0) is 42.5 Å². The van der Waals surface area contributed by atoms with Gasteiger partial charge in [0.2, 0.25) is 10.0 Å². The number of aromatic nitrogens is 2. The number of benzene rings is 2. The first kappa shape index (κ1) is 22.3. The molecule has 2 aromatic carbocycles. The summed E-state index contributed by atoms with van der Waals surface area (Å²) in [5.74, 6) is 0.948. The molecule has 1 aromatic heterocycles. The van der Waals surface area contributed by atoms with E-state index in [0.29, 0.717) is 17.2 Å². The van der Waals surface area contributed by atoms with Crippen molar-refractivity contribution >= 4 is 15.9 Å². The van der Waals surface area contributed by atoms with E-state index in [1.54, 1.807) is 55.3 Å². The molecule has 0 saturated heterocycles. The zero-order valence-corrected chi connectivity index (χ0v) is 18.5. The number of nitrogens with zero attached hydrogens (tertiary/aromatic N) is 3. The lowest BCUT2D eigenvalue weighted by atomic mass is 10.2. The molecule has 0 spiro atoms. The van der Waals surface area contributed by atoms with Crippen LogP contribution in [0.3, 0.4) is 0 Å². The summed E-state index contributed by atoms with van der Waals surface area (Å²) in [5.41, 5.74) is 1.68. The minimum atomic E-state index is -3.50. The molecule has 1 N–H and O–H groups in total. The lowest BCUT2D eigenvalue weighted by molar-refractivity contribution is 0.0946. The molecule has 31 heavy (non-hydrogen) atoms. The molecule has 0 aliphatic rings. The summed E-state index contributed by atoms with van der Waals surface area (Å²) in [6.45, 7) is 0.239. The quantitative estimate of drug-likeness (QED) is 0.571. The average Bonchev–Trinajstić information content (AvgIpc) is 3.27. The molecule has 164 valence electrons. The molecule has 0 aliphatic heterocycles. The lowest BCUT2D eigenvalue weighted by Gasteiger charge is -2.11. The highest BCUT2D eigenvalue weighted by molar-refractivity contribution is 7.89. The van der Waals surface area contributed by atoms with E-state index in [1.165, 1.54) is 32.6 Å². The standard InChI is InChI=1S/C21H24N4O5S/c1-24(2)31(27,28)18-8-5-16(6-9-18)25-13-19(23-14-25)21(26)22-12-15-11-17(29-3)7-10-20(15)30-4/h5-11,13-14H,12H2,1-4H3,(H,22,26). The van der Waals surface area contributed by atoms with Crippen LogP contribution in [0.4, 0.5) is 0 Å². The van der Waals surface area contributed by atoms with E-state index >= 15 is 0 Å². The fraction of sp³-hybridized carbons (Fsp3) is 0.238. The van der Waals surface area contributed by atoms with Crippen molar-refractivity contribution in [2.75, 3.05) is 28.3 Å². The summed E-state index contributed by atoms with van der Waals surface area (Å²) in [5, 5.41) is 2.81. The van der Waals surface area contributed by atoms with Gasteiger partial charge in [-0.2, -0.15) is 0 Å². The summed E-state index contributed by atoms with van der Waals surface area (Å²) in [6, 6.07) is 11.7. The maximum atomic E-state index is 12.5. The molecule has 0 bridgehead atoms. The highest BCUT2D eigenvalue weighted by Crippen LogP contribution is 2.24. The second-order valence-corrected chi connectivity index (χ2v) is 8.96. The molecule has 0 saturated carbocycles. The summed E-state index contributed by atoms with van der Waals surface area (Å²) >= 11 is 0. The van der Waals surface area contributed by atoms with Gasteiger partial charge in [0.25, 0.3) is 5.91 Å². The number of carbonyl (C=O) groups is 1. The highest BCUT2D eigenvalue weighted by Gasteiger charge is 2.17. The molecule has 0 radical (unpaired) electrons. The summed E-state index contributed by atoms with van der Waals surface area (Å²) in [7, 11) is 2.58. The Morgan fingerprint density at radius 1 is 1.10 bits per heavy atom. The van der Waals surface area contributed by atoms with Crippen LogP contribution in [0.1, 0.15) is 16.1 Å². The topological polar surface area (TPSA) is 103 Å². The maximum Gasteiger partial charge on any atom is 0.271 e. The Morgan fingerprint density at radius 2 is 1.81 bits per heavy atom. The van der Waals surface area contributed by atoms with Gasteiger partial charge in [0, 0.05) is 38.1 Å². The molecule has 10 heteroatoms. The number of amides is 1. The number of ether oxygens (including phenoxy) is 2. The smallest absolute Gasteiger partial charge is 0.271 e. The first-order valence-electron chi connectivity index (χ1n) is 9.32. The molecule has 0 aliphatic carbocycles. The van der Waals surface area contributed by atoms with E-state index in [9.17, 15) is 13.2 Å². The predicted molar refractivity (Wildman–Crippen MR) is 115 cm³/mol. The molecular weight excluding hydrogens is 420 g/mol. The van der Waals surface area contributed by atoms with Crippen molar-refractivity contribution in [1.82, 2.24) is 19.2 Å². The predicted octanol–water partition coefficient (Wildman–Crippen LogP) is 2.07. The van der Waals surface area contributed by atoms with Crippen molar-refractivity contribution in [3.05, 3.63) is 66.2 Å². The molecule has 9 nitrogen and oxygen atoms in total. The zero-order chi connectivity index (χ0) is 22.6. The van der Waals surface area contributed by atoms with E-state index in [4.69, 9.17) is 9.47 Å². The molecule has 1 heterocycles. The number of hydrogen-bond donors (Lipinski definition) is 1. The molecule has 3 rings (SSSR count). The van der Waals surface area contributed by atoms with E-state index in [-0.39, 0.29) is 23.0 Å². The van der Waals surface area contributed by atoms with E-state index in [2.05, 4.69) is 10.3 Å². The first-order valence-corrected chi connectivity index (χ1v) is 10.8. The first-order chi connectivity index (χ1) is 14.8. The average molecular weight is 445 g/mol. The number of imidazole rings is 1. The molecule has 0 atom stereocenters. The summed E-state index contributed by atoms with van der Waals surface area (Å²) in [4.78, 5) is 16.9. The lowest BCUT2D eigenvalue weighted by Crippen LogP contribution is -2.23. The second-order valence-electron chi connectivity index (χ2n) is 6.81. The Kier molecular flexibility index (Phi) is 6.62. The van der Waals surface area contributed by atoms with Gasteiger partial charge < -0.3 is 19.4 Å². The molecule has 1 amide bonds. The number of hydrogen-bond acceptors (Lipinski definition) is 6. The number of methoxy groups -OCH3 is 2. The second kappa shape index (κ2) is 9.19. The van der Waals surface area contributed by atoms with Crippen molar-refractivity contribution in [3.63, 3.8) is 0 Å². The van der Waals surface area contributed by atoms with Crippen molar-refractivity contribution in [3.8, 4) is 17.2 Å². The fourth-order valence-corrected chi connectivity index (χ4v) is 3.77. The Morgan fingerprint density at radius 3 is 2.42 bits per heavy atom. The normalized spacial score (nSPS) is 11.4. The van der Waals surface area contributed by atoms with Crippen molar-refractivity contribution < 1.29 is 22.7 Å². The van der Waals surface area contributed by atoms with Crippen LogP contribution in [0, 0.1) is 0 Å². The highest BCUT2D eigenvalue weighted by atomic mass is 32.2. The Balaban J connectivity index is 1.72. The number of nitrogens with one attached hydrogen (secondary N) is 1. The number of rotatable bonds is 8. The van der Waals surface area contributed by atoms with E-state index in [1.807, 2.05) is 0 Å². The monoisotopic (exact) mass is 444 g/mol. The van der Waals surface area contributed by atoms with Gasteiger partial charge >= 0.3 is 0 Å². The van der Waals surface area contributed by atoms with Gasteiger partial charge in [0.05, 0.1) is 19.1 Å². The van der Waals surface area contributed by atoms with Gasteiger partial charge in [-0.3, -0.25) is 4.79 Å². The van der Waals surface area contributed by atoms with Crippen LogP contribution in [-0.2, 0) is 16.6 Å². The van der Waals surface area contributed by atoms with E-state index in [0.717, 1.165) is 9.87 Å². The molecule has 0 unspecified atom stereocenters. The van der Waals surface area contributed by atoms with Gasteiger partial charge in [-0.15, -0.1) is 0 Å². The van der Waals surface area contributed by atoms with Crippen LogP contribution in [0.25, 0.3) is 5.69 Å². The van der Waals surface area contributed by atoms with Crippen LogP contribution in [0.2, 0.25) is 0 Å². The van der Waals surface area contributed by atoms with Crippen LogP contribution >= 0.6 is 0 Å². The third-order valence-corrected chi connectivity index (χ3v) is 6.48. The minimum Gasteiger partial charge on any atom is -0.497 e.